The molecule has 0 N–H and O–H groups in total. The van der Waals surface area contributed by atoms with Gasteiger partial charge in [0.2, 0.25) is 0 Å². The highest BCUT2D eigenvalue weighted by Crippen LogP contribution is 2.12. The molecule has 3 nitrogen and oxygen atoms in total. The summed E-state index contributed by atoms with van der Waals surface area (Å²) >= 11 is 0. The van der Waals surface area contributed by atoms with Crippen LogP contribution >= 0.6 is 0 Å². The fraction of sp³-hybridized carbons (Fsp3) is 0.231. The summed E-state index contributed by atoms with van der Waals surface area (Å²) in [6.45, 7) is 5.62. The van der Waals surface area contributed by atoms with Gasteiger partial charge in [0.25, 0.3) is 0 Å². The Morgan fingerprint density at radius 1 is 1.38 bits per heavy atom. The minimum Gasteiger partial charge on any atom is -0.466 e. The van der Waals surface area contributed by atoms with E-state index in [0.717, 1.165) is 5.56 Å². The molecule has 1 aromatic rings. The van der Waals surface area contributed by atoms with E-state index in [9.17, 15) is 9.59 Å². The van der Waals surface area contributed by atoms with E-state index in [1.165, 1.54) is 0 Å². The molecule has 0 spiro atoms. The van der Waals surface area contributed by atoms with Crippen LogP contribution in [0.25, 0.3) is 6.08 Å². The third-order valence-electron chi connectivity index (χ3n) is 2.09. The molecule has 84 valence electrons. The van der Waals surface area contributed by atoms with Crippen LogP contribution in [0, 0.1) is 0 Å². The van der Waals surface area contributed by atoms with Crippen molar-refractivity contribution in [3.63, 3.8) is 0 Å². The molecular weight excluding hydrogens is 204 g/mol. The number of hydrogen-bond acceptors (Lipinski definition) is 3. The van der Waals surface area contributed by atoms with Crippen LogP contribution in [0.1, 0.15) is 29.3 Å². The zero-order valence-electron chi connectivity index (χ0n) is 9.23. The minimum absolute atomic E-state index is 0.224. The molecule has 0 aliphatic carbocycles. The zero-order valence-corrected chi connectivity index (χ0v) is 9.23. The van der Waals surface area contributed by atoms with Crippen LogP contribution in [0.15, 0.2) is 30.8 Å². The molecule has 1 aromatic carbocycles. The normalized spacial score (nSPS) is 9.56. The summed E-state index contributed by atoms with van der Waals surface area (Å²) in [4.78, 5) is 22.9. The molecule has 1 rings (SSSR count). The zero-order chi connectivity index (χ0) is 12.0. The summed E-state index contributed by atoms with van der Waals surface area (Å²) in [5.74, 6) is -0.736. The summed E-state index contributed by atoms with van der Waals surface area (Å²) in [7, 11) is 0. The van der Waals surface area contributed by atoms with Crippen molar-refractivity contribution in [1.82, 2.24) is 0 Å². The molecule has 16 heavy (non-hydrogen) atoms. The first-order chi connectivity index (χ1) is 7.69. The first-order valence-electron chi connectivity index (χ1n) is 5.09. The van der Waals surface area contributed by atoms with Gasteiger partial charge in [-0.15, -0.1) is 0 Å². The van der Waals surface area contributed by atoms with Gasteiger partial charge in [-0.2, -0.15) is 0 Å². The number of esters is 1. The Morgan fingerprint density at radius 3 is 2.69 bits per heavy atom. The molecule has 3 heteroatoms. The van der Waals surface area contributed by atoms with E-state index in [1.807, 2.05) is 6.07 Å². The van der Waals surface area contributed by atoms with Crippen LogP contribution < -0.4 is 0 Å². The highest BCUT2D eigenvalue weighted by atomic mass is 16.5. The Morgan fingerprint density at radius 2 is 2.06 bits per heavy atom. The Labute approximate surface area is 94.7 Å². The first kappa shape index (κ1) is 12.2. The van der Waals surface area contributed by atoms with E-state index >= 15 is 0 Å². The maximum Gasteiger partial charge on any atom is 0.313 e. The molecule has 0 atom stereocenters. The van der Waals surface area contributed by atoms with Gasteiger partial charge < -0.3 is 4.74 Å². The third-order valence-corrected chi connectivity index (χ3v) is 2.09. The lowest BCUT2D eigenvalue weighted by Crippen LogP contribution is -2.12. The molecule has 0 aromatic heterocycles. The topological polar surface area (TPSA) is 43.4 Å². The molecule has 0 saturated carbocycles. The predicted molar refractivity (Wildman–Crippen MR) is 62.1 cm³/mol. The summed E-state index contributed by atoms with van der Waals surface area (Å²) in [5.41, 5.74) is 1.24. The second kappa shape index (κ2) is 5.85. The van der Waals surface area contributed by atoms with Crippen LogP contribution in [-0.2, 0) is 9.53 Å². The van der Waals surface area contributed by atoms with Crippen LogP contribution in [0.5, 0.6) is 0 Å². The Bertz CT molecular complexity index is 407. The summed E-state index contributed by atoms with van der Waals surface area (Å²) in [6, 6.07) is 7.04. The lowest BCUT2D eigenvalue weighted by molar-refractivity contribution is -0.141. The molecule has 0 amide bonds. The van der Waals surface area contributed by atoms with E-state index < -0.39 is 5.97 Å². The highest BCUT2D eigenvalue weighted by molar-refractivity contribution is 6.07. The van der Waals surface area contributed by atoms with E-state index in [-0.39, 0.29) is 18.8 Å². The van der Waals surface area contributed by atoms with Gasteiger partial charge in [0, 0.05) is 5.56 Å². The molecule has 0 bridgehead atoms. The van der Waals surface area contributed by atoms with E-state index in [4.69, 9.17) is 4.74 Å². The van der Waals surface area contributed by atoms with Gasteiger partial charge in [-0.25, -0.2) is 0 Å². The molecule has 0 aliphatic heterocycles. The van der Waals surface area contributed by atoms with Crippen LogP contribution in [0.3, 0.4) is 0 Å². The third kappa shape index (κ3) is 3.05. The fourth-order valence-electron chi connectivity index (χ4n) is 1.37. The Hall–Kier alpha value is -1.90. The van der Waals surface area contributed by atoms with Gasteiger partial charge >= 0.3 is 5.97 Å². The van der Waals surface area contributed by atoms with Gasteiger partial charge in [-0.3, -0.25) is 9.59 Å². The smallest absolute Gasteiger partial charge is 0.313 e. The van der Waals surface area contributed by atoms with Gasteiger partial charge in [-0.05, 0) is 12.5 Å². The van der Waals surface area contributed by atoms with Gasteiger partial charge in [-0.1, -0.05) is 36.9 Å². The second-order valence-corrected chi connectivity index (χ2v) is 3.20. The molecule has 0 aliphatic rings. The molecule has 0 radical (unpaired) electrons. The molecule has 0 saturated heterocycles. The van der Waals surface area contributed by atoms with Crippen molar-refractivity contribution in [3.8, 4) is 0 Å². The standard InChI is InChI=1S/C13H14O3/c1-3-10-7-5-6-8-11(10)12(14)9-13(15)16-4-2/h3,5-8H,1,4,9H2,2H3. The van der Waals surface area contributed by atoms with Crippen LogP contribution in [-0.4, -0.2) is 18.4 Å². The van der Waals surface area contributed by atoms with Crippen molar-refractivity contribution in [3.05, 3.63) is 42.0 Å². The van der Waals surface area contributed by atoms with Gasteiger partial charge in [0.15, 0.2) is 5.78 Å². The van der Waals surface area contributed by atoms with E-state index in [1.54, 1.807) is 31.2 Å². The van der Waals surface area contributed by atoms with E-state index in [2.05, 4.69) is 6.58 Å². The molecule has 0 fully saturated rings. The monoisotopic (exact) mass is 218 g/mol. The van der Waals surface area contributed by atoms with Crippen LogP contribution in [0.2, 0.25) is 0 Å². The maximum atomic E-state index is 11.8. The SMILES string of the molecule is C=Cc1ccccc1C(=O)CC(=O)OCC. The fourth-order valence-corrected chi connectivity index (χ4v) is 1.37. The minimum atomic E-state index is -0.494. The van der Waals surface area contributed by atoms with Crippen molar-refractivity contribution in [2.24, 2.45) is 0 Å². The van der Waals surface area contributed by atoms with Crippen molar-refractivity contribution in [2.75, 3.05) is 6.61 Å². The average Bonchev–Trinajstić information content (AvgIpc) is 2.29. The number of ketones is 1. The average molecular weight is 218 g/mol. The Kier molecular flexibility index (Phi) is 4.45. The number of benzene rings is 1. The van der Waals surface area contributed by atoms with E-state index in [0.29, 0.717) is 5.56 Å². The number of ether oxygens (including phenoxy) is 1. The number of rotatable bonds is 5. The summed E-state index contributed by atoms with van der Waals surface area (Å²) in [6.07, 6.45) is 1.37. The maximum absolute atomic E-state index is 11.8. The molecular formula is C13H14O3. The lowest BCUT2D eigenvalue weighted by Gasteiger charge is -2.04. The lowest BCUT2D eigenvalue weighted by atomic mass is 10.0. The summed E-state index contributed by atoms with van der Waals surface area (Å²) in [5, 5.41) is 0. The molecule has 0 heterocycles. The first-order valence-corrected chi connectivity index (χ1v) is 5.09. The van der Waals surface area contributed by atoms with Crippen molar-refractivity contribution in [2.45, 2.75) is 13.3 Å². The number of hydrogen-bond donors (Lipinski definition) is 0. The van der Waals surface area contributed by atoms with Crippen molar-refractivity contribution >= 4 is 17.8 Å². The molecule has 0 unspecified atom stereocenters. The number of carbonyl (C=O) groups is 2. The van der Waals surface area contributed by atoms with Crippen molar-refractivity contribution in [1.29, 1.82) is 0 Å². The highest BCUT2D eigenvalue weighted by Gasteiger charge is 2.14. The summed E-state index contributed by atoms with van der Waals surface area (Å²) < 4.78 is 4.72. The van der Waals surface area contributed by atoms with Crippen LogP contribution in [0.4, 0.5) is 0 Å². The quantitative estimate of drug-likeness (QED) is 0.433. The van der Waals surface area contributed by atoms with Gasteiger partial charge in [0.05, 0.1) is 6.61 Å². The van der Waals surface area contributed by atoms with Gasteiger partial charge in [0.1, 0.15) is 6.42 Å². The second-order valence-electron chi connectivity index (χ2n) is 3.20. The Balaban J connectivity index is 2.80. The largest absolute Gasteiger partial charge is 0.466 e. The number of carbonyl (C=O) groups excluding carboxylic acids is 2. The van der Waals surface area contributed by atoms with Crippen molar-refractivity contribution < 1.29 is 14.3 Å². The predicted octanol–water partition coefficient (Wildman–Crippen LogP) is 2.47. The number of Topliss-reactive ketones (excluding diaryl/α,β-unsaturated/α-hetero) is 1.